The molecule has 2 aromatic rings. The molecule has 0 unspecified atom stereocenters. The van der Waals surface area contributed by atoms with Gasteiger partial charge in [0.2, 0.25) is 9.84 Å². The third-order valence-electron chi connectivity index (χ3n) is 3.62. The molecule has 0 amide bonds. The lowest BCUT2D eigenvalue weighted by Crippen LogP contribution is -2.04. The van der Waals surface area contributed by atoms with E-state index in [0.29, 0.717) is 16.7 Å². The number of aryl methyl sites for hydroxylation is 3. The Kier molecular flexibility index (Phi) is 3.72. The maximum Gasteiger partial charge on any atom is 0.210 e. The lowest BCUT2D eigenvalue weighted by molar-refractivity contribution is 0.453. The van der Waals surface area contributed by atoms with Gasteiger partial charge in [-0.15, -0.1) is 0 Å². The fraction of sp³-hybridized carbons (Fsp3) is 0.250. The van der Waals surface area contributed by atoms with Crippen LogP contribution in [-0.4, -0.2) is 18.6 Å². The third-order valence-corrected chi connectivity index (χ3v) is 5.37. The topological polar surface area (TPSA) is 74.6 Å². The molecule has 0 spiro atoms. The molecule has 2 N–H and O–H groups in total. The SMILES string of the molecule is Cc1cc(C)c(O)c(S(=O)(=O)c2cc(C)c(C)c(O)c2)c1. The molecule has 0 bridgehead atoms. The van der Waals surface area contributed by atoms with Gasteiger partial charge < -0.3 is 10.2 Å². The molecule has 21 heavy (non-hydrogen) atoms. The predicted molar refractivity (Wildman–Crippen MR) is 80.6 cm³/mol. The Labute approximate surface area is 124 Å². The summed E-state index contributed by atoms with van der Waals surface area (Å²) in [5.41, 5.74) is 2.56. The summed E-state index contributed by atoms with van der Waals surface area (Å²) in [6, 6.07) is 5.87. The van der Waals surface area contributed by atoms with Crippen molar-refractivity contribution in [2.75, 3.05) is 0 Å². The van der Waals surface area contributed by atoms with Gasteiger partial charge in [0.1, 0.15) is 16.4 Å². The first-order valence-electron chi connectivity index (χ1n) is 6.50. The molecule has 0 aliphatic carbocycles. The molecule has 112 valence electrons. The Bertz CT molecular complexity index is 797. The van der Waals surface area contributed by atoms with Crippen LogP contribution >= 0.6 is 0 Å². The molecule has 0 aromatic heterocycles. The highest BCUT2D eigenvalue weighted by molar-refractivity contribution is 7.91. The van der Waals surface area contributed by atoms with E-state index < -0.39 is 9.84 Å². The number of hydrogen-bond donors (Lipinski definition) is 2. The summed E-state index contributed by atoms with van der Waals surface area (Å²) >= 11 is 0. The molecular formula is C16H18O4S. The monoisotopic (exact) mass is 306 g/mol. The van der Waals surface area contributed by atoms with Crippen molar-refractivity contribution in [2.24, 2.45) is 0 Å². The van der Waals surface area contributed by atoms with Crippen molar-refractivity contribution in [1.82, 2.24) is 0 Å². The maximum absolute atomic E-state index is 12.7. The van der Waals surface area contributed by atoms with E-state index >= 15 is 0 Å². The van der Waals surface area contributed by atoms with Crippen LogP contribution in [0.4, 0.5) is 0 Å². The highest BCUT2D eigenvalue weighted by Gasteiger charge is 2.24. The average molecular weight is 306 g/mol. The standard InChI is InChI=1S/C16H18O4S/c1-9-5-11(3)16(18)15(6-9)21(19,20)13-7-10(2)12(4)14(17)8-13/h5-8,17-18H,1-4H3. The molecule has 0 fully saturated rings. The zero-order valence-electron chi connectivity index (χ0n) is 12.4. The summed E-state index contributed by atoms with van der Waals surface area (Å²) < 4.78 is 25.4. The van der Waals surface area contributed by atoms with Gasteiger partial charge in [0.05, 0.1) is 4.90 Å². The van der Waals surface area contributed by atoms with E-state index in [4.69, 9.17) is 0 Å². The first-order chi connectivity index (χ1) is 9.64. The quantitative estimate of drug-likeness (QED) is 0.893. The van der Waals surface area contributed by atoms with Crippen molar-refractivity contribution in [3.63, 3.8) is 0 Å². The van der Waals surface area contributed by atoms with Gasteiger partial charge in [0, 0.05) is 0 Å². The van der Waals surface area contributed by atoms with Gasteiger partial charge in [-0.25, -0.2) is 8.42 Å². The summed E-state index contributed by atoms with van der Waals surface area (Å²) in [6.07, 6.45) is 0. The zero-order chi connectivity index (χ0) is 15.9. The largest absolute Gasteiger partial charge is 0.508 e. The molecule has 4 nitrogen and oxygen atoms in total. The smallest absolute Gasteiger partial charge is 0.210 e. The third kappa shape index (κ3) is 2.61. The van der Waals surface area contributed by atoms with Crippen molar-refractivity contribution in [2.45, 2.75) is 37.5 Å². The summed E-state index contributed by atoms with van der Waals surface area (Å²) in [7, 11) is -3.89. The predicted octanol–water partition coefficient (Wildman–Crippen LogP) is 3.16. The molecule has 0 heterocycles. The number of aromatic hydroxyl groups is 2. The zero-order valence-corrected chi connectivity index (χ0v) is 13.2. The minimum absolute atomic E-state index is 0.0246. The Morgan fingerprint density at radius 2 is 1.48 bits per heavy atom. The number of sulfone groups is 1. The number of hydrogen-bond acceptors (Lipinski definition) is 4. The van der Waals surface area contributed by atoms with Gasteiger partial charge >= 0.3 is 0 Å². The van der Waals surface area contributed by atoms with Gasteiger partial charge in [0.25, 0.3) is 0 Å². The van der Waals surface area contributed by atoms with Gasteiger partial charge in [0.15, 0.2) is 0 Å². The Morgan fingerprint density at radius 3 is 2.05 bits per heavy atom. The van der Waals surface area contributed by atoms with E-state index in [9.17, 15) is 18.6 Å². The van der Waals surface area contributed by atoms with Crippen molar-refractivity contribution in [3.05, 3.63) is 46.5 Å². The molecule has 2 rings (SSSR count). The van der Waals surface area contributed by atoms with E-state index in [1.165, 1.54) is 18.2 Å². The highest BCUT2D eigenvalue weighted by atomic mass is 32.2. The van der Waals surface area contributed by atoms with Crippen molar-refractivity contribution < 1.29 is 18.6 Å². The molecule has 0 saturated heterocycles. The van der Waals surface area contributed by atoms with Crippen LogP contribution in [0, 0.1) is 27.7 Å². The summed E-state index contributed by atoms with van der Waals surface area (Å²) in [6.45, 7) is 6.87. The molecule has 2 aromatic carbocycles. The second kappa shape index (κ2) is 5.07. The summed E-state index contributed by atoms with van der Waals surface area (Å²) in [5, 5.41) is 19.9. The molecule has 0 aliphatic heterocycles. The maximum atomic E-state index is 12.7. The van der Waals surface area contributed by atoms with Crippen LogP contribution in [0.5, 0.6) is 11.5 Å². The Hall–Kier alpha value is -2.01. The lowest BCUT2D eigenvalue weighted by Gasteiger charge is -2.12. The van der Waals surface area contributed by atoms with E-state index in [1.807, 2.05) is 0 Å². The number of phenolic OH excluding ortho intramolecular Hbond substituents is 2. The molecular weight excluding hydrogens is 288 g/mol. The number of benzene rings is 2. The van der Waals surface area contributed by atoms with Crippen LogP contribution in [0.2, 0.25) is 0 Å². The molecule has 0 radical (unpaired) electrons. The Balaban J connectivity index is 2.74. The summed E-state index contributed by atoms with van der Waals surface area (Å²) in [4.78, 5) is -0.161. The van der Waals surface area contributed by atoms with Crippen molar-refractivity contribution >= 4 is 9.84 Å². The van der Waals surface area contributed by atoms with E-state index in [0.717, 1.165) is 5.56 Å². The molecule has 0 atom stereocenters. The van der Waals surface area contributed by atoms with Gasteiger partial charge in [-0.05, 0) is 68.1 Å². The minimum Gasteiger partial charge on any atom is -0.508 e. The first kappa shape index (κ1) is 15.4. The van der Waals surface area contributed by atoms with Gasteiger partial charge in [-0.2, -0.15) is 0 Å². The number of rotatable bonds is 2. The van der Waals surface area contributed by atoms with Crippen molar-refractivity contribution in [3.8, 4) is 11.5 Å². The average Bonchev–Trinajstić information content (AvgIpc) is 2.39. The minimum atomic E-state index is -3.89. The van der Waals surface area contributed by atoms with E-state index in [1.54, 1.807) is 33.8 Å². The highest BCUT2D eigenvalue weighted by Crippen LogP contribution is 2.34. The van der Waals surface area contributed by atoms with Crippen molar-refractivity contribution in [1.29, 1.82) is 0 Å². The second-order valence-electron chi connectivity index (χ2n) is 5.32. The fourth-order valence-corrected chi connectivity index (χ4v) is 3.83. The second-order valence-corrected chi connectivity index (χ2v) is 7.23. The van der Waals surface area contributed by atoms with Crippen LogP contribution < -0.4 is 0 Å². The van der Waals surface area contributed by atoms with Crippen LogP contribution in [-0.2, 0) is 9.84 Å². The summed E-state index contributed by atoms with van der Waals surface area (Å²) in [5.74, 6) is -0.323. The van der Waals surface area contributed by atoms with Crippen LogP contribution in [0.25, 0.3) is 0 Å². The van der Waals surface area contributed by atoms with Crippen LogP contribution in [0.3, 0.4) is 0 Å². The fourth-order valence-electron chi connectivity index (χ4n) is 2.22. The van der Waals surface area contributed by atoms with Crippen LogP contribution in [0.1, 0.15) is 22.3 Å². The van der Waals surface area contributed by atoms with E-state index in [-0.39, 0.29) is 21.3 Å². The normalized spacial score (nSPS) is 11.6. The molecule has 0 aliphatic rings. The molecule has 0 saturated carbocycles. The van der Waals surface area contributed by atoms with E-state index in [2.05, 4.69) is 0 Å². The van der Waals surface area contributed by atoms with Gasteiger partial charge in [-0.1, -0.05) is 6.07 Å². The Morgan fingerprint density at radius 1 is 0.857 bits per heavy atom. The van der Waals surface area contributed by atoms with Crippen LogP contribution in [0.15, 0.2) is 34.1 Å². The first-order valence-corrected chi connectivity index (χ1v) is 7.98. The number of phenols is 2. The lowest BCUT2D eigenvalue weighted by atomic mass is 10.1. The van der Waals surface area contributed by atoms with Gasteiger partial charge in [-0.3, -0.25) is 0 Å². The molecule has 5 heteroatoms.